The largest absolute Gasteiger partial charge is 0.352 e. The number of hydrogen-bond donors (Lipinski definition) is 0. The average Bonchev–Trinajstić information content (AvgIpc) is 2.23. The molecule has 1 fully saturated rings. The van der Waals surface area contributed by atoms with Crippen LogP contribution >= 0.6 is 11.6 Å². The van der Waals surface area contributed by atoms with Crippen LogP contribution in [0.4, 0.5) is 5.82 Å². The van der Waals surface area contributed by atoms with E-state index in [4.69, 9.17) is 11.6 Å². The van der Waals surface area contributed by atoms with E-state index in [0.29, 0.717) is 11.9 Å². The van der Waals surface area contributed by atoms with Crippen molar-refractivity contribution >= 4 is 17.4 Å². The smallest absolute Gasteiger partial charge is 0.151 e. The van der Waals surface area contributed by atoms with E-state index in [-0.39, 0.29) is 0 Å². The van der Waals surface area contributed by atoms with E-state index in [1.807, 2.05) is 13.0 Å². The first-order valence-corrected chi connectivity index (χ1v) is 6.47. The molecule has 0 N–H and O–H groups in total. The Bertz CT molecular complexity index is 322. The highest BCUT2D eigenvalue weighted by atomic mass is 35.5. The zero-order valence-corrected chi connectivity index (χ0v) is 10.5. The molecule has 0 bridgehead atoms. The molecular formula is C12H18ClN3. The molecule has 0 atom stereocenters. The monoisotopic (exact) mass is 239 g/mol. The molecular weight excluding hydrogens is 222 g/mol. The van der Waals surface area contributed by atoms with E-state index in [9.17, 15) is 0 Å². The normalized spacial score (nSPS) is 15.9. The molecule has 0 amide bonds. The topological polar surface area (TPSA) is 29.0 Å². The molecule has 0 radical (unpaired) electrons. The van der Waals surface area contributed by atoms with Crippen molar-refractivity contribution in [3.63, 3.8) is 0 Å². The minimum absolute atomic E-state index is 0.653. The van der Waals surface area contributed by atoms with Gasteiger partial charge in [-0.25, -0.2) is 0 Å². The minimum atomic E-state index is 0.653. The van der Waals surface area contributed by atoms with Gasteiger partial charge in [-0.3, -0.25) is 0 Å². The van der Waals surface area contributed by atoms with Gasteiger partial charge >= 0.3 is 0 Å². The number of aryl methyl sites for hydroxylation is 1. The lowest BCUT2D eigenvalue weighted by molar-refractivity contribution is 0.383. The van der Waals surface area contributed by atoms with Crippen LogP contribution in [0, 0.1) is 6.92 Å². The summed E-state index contributed by atoms with van der Waals surface area (Å²) in [7, 11) is 0. The van der Waals surface area contributed by atoms with E-state index in [1.165, 1.54) is 19.3 Å². The quantitative estimate of drug-likeness (QED) is 0.740. The lowest BCUT2D eigenvalue weighted by Gasteiger charge is -2.38. The third-order valence-corrected chi connectivity index (χ3v) is 3.39. The lowest BCUT2D eigenvalue weighted by Crippen LogP contribution is -2.41. The fourth-order valence-electron chi connectivity index (χ4n) is 1.96. The summed E-state index contributed by atoms with van der Waals surface area (Å²) in [4.78, 5) is 2.36. The third-order valence-electron chi connectivity index (χ3n) is 3.13. The van der Waals surface area contributed by atoms with E-state index in [1.54, 1.807) is 0 Å². The predicted molar refractivity (Wildman–Crippen MR) is 67.1 cm³/mol. The van der Waals surface area contributed by atoms with Gasteiger partial charge in [-0.05, 0) is 44.7 Å². The molecule has 0 aromatic carbocycles. The zero-order chi connectivity index (χ0) is 11.4. The summed E-state index contributed by atoms with van der Waals surface area (Å²) < 4.78 is 0. The highest BCUT2D eigenvalue weighted by molar-refractivity contribution is 6.17. The Morgan fingerprint density at radius 3 is 2.69 bits per heavy atom. The highest BCUT2D eigenvalue weighted by Crippen LogP contribution is 2.28. The second-order valence-electron chi connectivity index (χ2n) is 4.35. The maximum atomic E-state index is 5.76. The van der Waals surface area contributed by atoms with Crippen LogP contribution in [0.3, 0.4) is 0 Å². The summed E-state index contributed by atoms with van der Waals surface area (Å²) in [6.45, 7) is 2.95. The Labute approximate surface area is 102 Å². The minimum Gasteiger partial charge on any atom is -0.352 e. The van der Waals surface area contributed by atoms with Gasteiger partial charge in [0.15, 0.2) is 5.82 Å². The summed E-state index contributed by atoms with van der Waals surface area (Å²) in [6.07, 6.45) is 4.89. The molecule has 0 spiro atoms. The number of hydrogen-bond acceptors (Lipinski definition) is 3. The average molecular weight is 240 g/mol. The van der Waals surface area contributed by atoms with Crippen molar-refractivity contribution < 1.29 is 0 Å². The molecule has 1 aliphatic carbocycles. The molecule has 3 nitrogen and oxygen atoms in total. The molecule has 1 heterocycles. The molecule has 88 valence electrons. The van der Waals surface area contributed by atoms with Gasteiger partial charge in [0.2, 0.25) is 0 Å². The first-order chi connectivity index (χ1) is 7.81. The summed E-state index contributed by atoms with van der Waals surface area (Å²) in [5.41, 5.74) is 0.967. The lowest BCUT2D eigenvalue weighted by atomic mass is 9.91. The molecule has 16 heavy (non-hydrogen) atoms. The Morgan fingerprint density at radius 2 is 2.19 bits per heavy atom. The molecule has 1 saturated carbocycles. The van der Waals surface area contributed by atoms with Crippen LogP contribution in [0.5, 0.6) is 0 Å². The van der Waals surface area contributed by atoms with Crippen molar-refractivity contribution in [3.05, 3.63) is 17.8 Å². The van der Waals surface area contributed by atoms with E-state index >= 15 is 0 Å². The SMILES string of the molecule is Cc1ccc(N(CCCCl)C2CCC2)nn1. The Hall–Kier alpha value is -0.830. The summed E-state index contributed by atoms with van der Waals surface area (Å²) in [5, 5.41) is 8.39. The van der Waals surface area contributed by atoms with Gasteiger partial charge in [0, 0.05) is 18.5 Å². The summed E-state index contributed by atoms with van der Waals surface area (Å²) >= 11 is 5.76. The molecule has 4 heteroatoms. The van der Waals surface area contributed by atoms with Crippen molar-refractivity contribution in [2.45, 2.75) is 38.6 Å². The molecule has 0 saturated heterocycles. The van der Waals surface area contributed by atoms with Gasteiger partial charge in [-0.2, -0.15) is 5.10 Å². The van der Waals surface area contributed by atoms with Gasteiger partial charge in [0.25, 0.3) is 0 Å². The fourth-order valence-corrected chi connectivity index (χ4v) is 2.08. The van der Waals surface area contributed by atoms with Crippen LogP contribution in [0.2, 0.25) is 0 Å². The first kappa shape index (κ1) is 11.6. The van der Waals surface area contributed by atoms with Crippen LogP contribution in [0.1, 0.15) is 31.4 Å². The Morgan fingerprint density at radius 1 is 1.38 bits per heavy atom. The number of halogens is 1. The maximum absolute atomic E-state index is 5.76. The van der Waals surface area contributed by atoms with Gasteiger partial charge in [0.05, 0.1) is 5.69 Å². The Kier molecular flexibility index (Phi) is 3.99. The predicted octanol–water partition coefficient (Wildman–Crippen LogP) is 2.77. The number of nitrogens with zero attached hydrogens (tertiary/aromatic N) is 3. The highest BCUT2D eigenvalue weighted by Gasteiger charge is 2.25. The van der Waals surface area contributed by atoms with Crippen LogP contribution in [0.15, 0.2) is 12.1 Å². The second kappa shape index (κ2) is 5.48. The van der Waals surface area contributed by atoms with Crippen LogP contribution in [-0.4, -0.2) is 28.7 Å². The molecule has 1 aromatic heterocycles. The number of aromatic nitrogens is 2. The van der Waals surface area contributed by atoms with Crippen molar-refractivity contribution in [3.8, 4) is 0 Å². The summed E-state index contributed by atoms with van der Waals surface area (Å²) in [5.74, 6) is 1.71. The van der Waals surface area contributed by atoms with E-state index in [2.05, 4.69) is 21.2 Å². The van der Waals surface area contributed by atoms with Gasteiger partial charge in [-0.1, -0.05) is 0 Å². The van der Waals surface area contributed by atoms with Gasteiger partial charge in [0.1, 0.15) is 0 Å². The third kappa shape index (κ3) is 2.64. The number of anilines is 1. The van der Waals surface area contributed by atoms with Crippen molar-refractivity contribution in [1.82, 2.24) is 10.2 Å². The number of rotatable bonds is 5. The maximum Gasteiger partial charge on any atom is 0.151 e. The molecule has 1 aliphatic rings. The fraction of sp³-hybridized carbons (Fsp3) is 0.667. The standard InChI is InChI=1S/C12H18ClN3/c1-10-6-7-12(15-14-10)16(9-3-8-13)11-4-2-5-11/h6-7,11H,2-5,8-9H2,1H3. The van der Waals surface area contributed by atoms with Crippen LogP contribution < -0.4 is 4.90 Å². The van der Waals surface area contributed by atoms with Crippen molar-refractivity contribution in [2.75, 3.05) is 17.3 Å². The van der Waals surface area contributed by atoms with Crippen molar-refractivity contribution in [1.29, 1.82) is 0 Å². The first-order valence-electron chi connectivity index (χ1n) is 5.94. The molecule has 0 unspecified atom stereocenters. The van der Waals surface area contributed by atoms with Gasteiger partial charge < -0.3 is 4.90 Å². The summed E-state index contributed by atoms with van der Waals surface area (Å²) in [6, 6.07) is 4.74. The van der Waals surface area contributed by atoms with Crippen LogP contribution in [-0.2, 0) is 0 Å². The molecule has 2 rings (SSSR count). The molecule has 1 aromatic rings. The van der Waals surface area contributed by atoms with E-state index < -0.39 is 0 Å². The van der Waals surface area contributed by atoms with Crippen molar-refractivity contribution in [2.24, 2.45) is 0 Å². The second-order valence-corrected chi connectivity index (χ2v) is 4.73. The Balaban J connectivity index is 2.07. The van der Waals surface area contributed by atoms with E-state index in [0.717, 1.165) is 24.5 Å². The molecule has 0 aliphatic heterocycles. The number of alkyl halides is 1. The zero-order valence-electron chi connectivity index (χ0n) is 9.69. The van der Waals surface area contributed by atoms with Gasteiger partial charge in [-0.15, -0.1) is 16.7 Å². The van der Waals surface area contributed by atoms with Crippen LogP contribution in [0.25, 0.3) is 0 Å².